The van der Waals surface area contributed by atoms with Gasteiger partial charge in [-0.05, 0) is 12.8 Å². The predicted octanol–water partition coefficient (Wildman–Crippen LogP) is -2.32. The van der Waals surface area contributed by atoms with E-state index in [2.05, 4.69) is 4.99 Å². The molecule has 1 amide bonds. The fourth-order valence-electron chi connectivity index (χ4n) is 0.782. The molecule has 0 fully saturated rings. The molecule has 0 radical (unpaired) electrons. The zero-order chi connectivity index (χ0) is 11.8. The Labute approximate surface area is 85.8 Å². The number of primary amides is 1. The van der Waals surface area contributed by atoms with Crippen molar-refractivity contribution in [3.05, 3.63) is 10.1 Å². The number of carbonyl (C=O) groups is 1. The summed E-state index contributed by atoms with van der Waals surface area (Å²) in [7, 11) is 0. The van der Waals surface area contributed by atoms with Crippen molar-refractivity contribution < 1.29 is 9.83 Å². The summed E-state index contributed by atoms with van der Waals surface area (Å²) in [5.74, 6) is -0.872. The smallest absolute Gasteiger partial charge is 0.251 e. The molecule has 0 saturated carbocycles. The summed E-state index contributed by atoms with van der Waals surface area (Å²) in [6, 6.07) is -0.718. The van der Waals surface area contributed by atoms with E-state index in [0.29, 0.717) is 12.8 Å². The minimum atomic E-state index is -0.812. The first-order chi connectivity index (χ1) is 6.93. The van der Waals surface area contributed by atoms with Crippen molar-refractivity contribution >= 4 is 11.9 Å². The van der Waals surface area contributed by atoms with Gasteiger partial charge in [-0.3, -0.25) is 4.79 Å². The maximum absolute atomic E-state index is 10.5. The second kappa shape index (κ2) is 6.54. The number of hydrogen-bond acceptors (Lipinski definition) is 5. The second-order valence-electron chi connectivity index (χ2n) is 2.79. The third kappa shape index (κ3) is 7.19. The third-order valence-corrected chi connectivity index (χ3v) is 1.53. The fourth-order valence-corrected chi connectivity index (χ4v) is 0.782. The summed E-state index contributed by atoms with van der Waals surface area (Å²) in [6.45, 7) is 0.244. The van der Waals surface area contributed by atoms with E-state index >= 15 is 0 Å². The minimum Gasteiger partial charge on any atom is -0.368 e. The van der Waals surface area contributed by atoms with Gasteiger partial charge in [0.05, 0.1) is 6.04 Å². The van der Waals surface area contributed by atoms with Crippen molar-refractivity contribution in [2.45, 2.75) is 18.9 Å². The Hall–Kier alpha value is -1.90. The molecule has 0 rings (SSSR count). The van der Waals surface area contributed by atoms with Gasteiger partial charge < -0.3 is 17.2 Å². The highest BCUT2D eigenvalue weighted by Gasteiger charge is 2.07. The van der Waals surface area contributed by atoms with Crippen molar-refractivity contribution in [2.24, 2.45) is 22.2 Å². The zero-order valence-corrected chi connectivity index (χ0v) is 8.05. The van der Waals surface area contributed by atoms with Crippen LogP contribution in [0.4, 0.5) is 0 Å². The molecule has 15 heavy (non-hydrogen) atoms. The Morgan fingerprint density at radius 2 is 2.13 bits per heavy atom. The van der Waals surface area contributed by atoms with Crippen LogP contribution in [0.5, 0.6) is 0 Å². The summed E-state index contributed by atoms with van der Waals surface area (Å²) in [4.78, 5) is 24.0. The van der Waals surface area contributed by atoms with Gasteiger partial charge in [-0.25, -0.2) is 15.1 Å². The molecule has 0 aromatic rings. The second-order valence-corrected chi connectivity index (χ2v) is 2.79. The van der Waals surface area contributed by atoms with E-state index < -0.39 is 17.0 Å². The molecule has 1 atom stereocenters. The first-order valence-electron chi connectivity index (χ1n) is 4.19. The van der Waals surface area contributed by atoms with E-state index in [1.165, 1.54) is 0 Å². The Bertz CT molecular complexity index is 266. The average molecular weight is 218 g/mol. The van der Waals surface area contributed by atoms with Gasteiger partial charge in [0.2, 0.25) is 5.91 Å². The average Bonchev–Trinajstić information content (AvgIpc) is 2.10. The fraction of sp³-hybridized carbons (Fsp3) is 0.667. The van der Waals surface area contributed by atoms with Crippen LogP contribution in [0.1, 0.15) is 12.8 Å². The van der Waals surface area contributed by atoms with Crippen LogP contribution < -0.4 is 22.6 Å². The molecule has 0 unspecified atom stereocenters. The lowest BCUT2D eigenvalue weighted by Gasteiger charge is -2.04. The number of hydrazine groups is 1. The number of amides is 1. The van der Waals surface area contributed by atoms with E-state index in [-0.39, 0.29) is 12.5 Å². The summed E-state index contributed by atoms with van der Waals surface area (Å²) < 4.78 is 0. The zero-order valence-electron chi connectivity index (χ0n) is 8.05. The predicted molar refractivity (Wildman–Crippen MR) is 53.0 cm³/mol. The molecule has 0 bridgehead atoms. The van der Waals surface area contributed by atoms with Crippen LogP contribution in [0.3, 0.4) is 0 Å². The largest absolute Gasteiger partial charge is 0.368 e. The summed E-state index contributed by atoms with van der Waals surface area (Å²) in [5, 5.41) is 9.08. The highest BCUT2D eigenvalue weighted by atomic mass is 16.7. The molecule has 0 aromatic heterocycles. The number of rotatable bonds is 6. The van der Waals surface area contributed by atoms with Gasteiger partial charge >= 0.3 is 0 Å². The highest BCUT2D eigenvalue weighted by Crippen LogP contribution is 1.93. The van der Waals surface area contributed by atoms with Crippen molar-refractivity contribution in [1.29, 1.82) is 0 Å². The maximum Gasteiger partial charge on any atom is 0.251 e. The van der Waals surface area contributed by atoms with Gasteiger partial charge in [0.25, 0.3) is 5.96 Å². The lowest BCUT2D eigenvalue weighted by atomic mass is 10.1. The quantitative estimate of drug-likeness (QED) is 0.128. The molecule has 7 N–H and O–H groups in total. The van der Waals surface area contributed by atoms with Gasteiger partial charge in [-0.15, -0.1) is 0 Å². The summed E-state index contributed by atoms with van der Waals surface area (Å²) in [5.41, 5.74) is 17.1. The SMILES string of the molecule is NC(=O)[C@@H](N)CCCN=C(N)N[N+](=O)[O-]. The van der Waals surface area contributed by atoms with E-state index in [0.717, 1.165) is 0 Å². The number of nitrogens with zero attached hydrogens (tertiary/aromatic N) is 2. The molecule has 0 aromatic carbocycles. The van der Waals surface area contributed by atoms with Crippen LogP contribution in [-0.4, -0.2) is 29.5 Å². The van der Waals surface area contributed by atoms with Crippen LogP contribution in [0.2, 0.25) is 0 Å². The van der Waals surface area contributed by atoms with Crippen LogP contribution in [0, 0.1) is 10.1 Å². The van der Waals surface area contributed by atoms with Gasteiger partial charge in [-0.2, -0.15) is 0 Å². The number of guanidine groups is 1. The lowest BCUT2D eigenvalue weighted by molar-refractivity contribution is -0.525. The molecule has 0 aliphatic carbocycles. The number of hydrogen-bond donors (Lipinski definition) is 4. The van der Waals surface area contributed by atoms with E-state index in [4.69, 9.17) is 17.2 Å². The molecular weight excluding hydrogens is 204 g/mol. The Morgan fingerprint density at radius 1 is 1.53 bits per heavy atom. The molecule has 0 spiro atoms. The molecule has 0 aliphatic rings. The van der Waals surface area contributed by atoms with E-state index in [9.17, 15) is 14.9 Å². The number of nitrogens with one attached hydrogen (secondary N) is 1. The normalized spacial score (nSPS) is 13.3. The van der Waals surface area contributed by atoms with Gasteiger partial charge in [-0.1, -0.05) is 5.43 Å². The highest BCUT2D eigenvalue weighted by molar-refractivity contribution is 5.79. The Balaban J connectivity index is 3.69. The molecule has 0 heterocycles. The van der Waals surface area contributed by atoms with Gasteiger partial charge in [0.15, 0.2) is 5.03 Å². The first kappa shape index (κ1) is 13.1. The van der Waals surface area contributed by atoms with Crippen LogP contribution in [0.15, 0.2) is 4.99 Å². The molecule has 0 saturated heterocycles. The first-order valence-corrected chi connectivity index (χ1v) is 4.19. The monoisotopic (exact) mass is 218 g/mol. The number of nitro groups is 1. The van der Waals surface area contributed by atoms with Gasteiger partial charge in [0, 0.05) is 6.54 Å². The standard InChI is InChI=1S/C6H14N6O3/c7-4(5(8)13)2-1-3-10-6(9)11-12(14)15/h4H,1-3,7H2,(H2,8,13)(H3,9,10,11)/t4-/m0/s1. The van der Waals surface area contributed by atoms with E-state index in [1.54, 1.807) is 5.43 Å². The minimum absolute atomic E-state index is 0.244. The lowest BCUT2D eigenvalue weighted by Crippen LogP contribution is -2.37. The Morgan fingerprint density at radius 3 is 2.60 bits per heavy atom. The third-order valence-electron chi connectivity index (χ3n) is 1.53. The Kier molecular flexibility index (Phi) is 5.71. The number of aliphatic imine (C=N–C) groups is 1. The van der Waals surface area contributed by atoms with Crippen molar-refractivity contribution in [3.63, 3.8) is 0 Å². The van der Waals surface area contributed by atoms with Crippen LogP contribution >= 0.6 is 0 Å². The maximum atomic E-state index is 10.5. The number of nitrogens with two attached hydrogens (primary N) is 3. The van der Waals surface area contributed by atoms with Crippen molar-refractivity contribution in [1.82, 2.24) is 5.43 Å². The number of carbonyl (C=O) groups excluding carboxylic acids is 1. The summed E-state index contributed by atoms with van der Waals surface area (Å²) in [6.07, 6.45) is 0.842. The molecule has 0 aliphatic heterocycles. The molecule has 86 valence electrons. The van der Waals surface area contributed by atoms with Gasteiger partial charge in [0.1, 0.15) is 0 Å². The molecule has 9 heteroatoms. The van der Waals surface area contributed by atoms with Crippen LogP contribution in [-0.2, 0) is 4.79 Å². The van der Waals surface area contributed by atoms with Crippen molar-refractivity contribution in [3.8, 4) is 0 Å². The molecule has 9 nitrogen and oxygen atoms in total. The topological polar surface area (TPSA) is 163 Å². The van der Waals surface area contributed by atoms with Crippen LogP contribution in [0.25, 0.3) is 0 Å². The molecular formula is C6H14N6O3. The van der Waals surface area contributed by atoms with E-state index in [1.807, 2.05) is 0 Å². The summed E-state index contributed by atoms with van der Waals surface area (Å²) >= 11 is 0. The van der Waals surface area contributed by atoms with Crippen molar-refractivity contribution in [2.75, 3.05) is 6.54 Å².